The van der Waals surface area contributed by atoms with Gasteiger partial charge in [0, 0.05) is 37.5 Å². The van der Waals surface area contributed by atoms with Gasteiger partial charge in [-0.25, -0.2) is 4.79 Å². The van der Waals surface area contributed by atoms with Crippen molar-refractivity contribution in [1.29, 1.82) is 0 Å². The highest BCUT2D eigenvalue weighted by atomic mass is 16.5. The summed E-state index contributed by atoms with van der Waals surface area (Å²) in [5.41, 5.74) is 1.20. The molecule has 25 heavy (non-hydrogen) atoms. The lowest BCUT2D eigenvalue weighted by molar-refractivity contribution is 0.0937. The lowest BCUT2D eigenvalue weighted by Crippen LogP contribution is -2.41. The van der Waals surface area contributed by atoms with Gasteiger partial charge in [0.1, 0.15) is 0 Å². The standard InChI is InChI=1S/C18H28N4O3/c1-25-12-11-20-17(23)14-6-8-15(9-7-14)22-18(24)21-13-16-5-3-2-4-10-19-16/h6-9,16,19H,2-5,10-13H2,1H3,(H,20,23)(H2,21,22,24)/t16-/m1/s1. The molecule has 1 saturated heterocycles. The summed E-state index contributed by atoms with van der Waals surface area (Å²) in [6.45, 7) is 2.57. The van der Waals surface area contributed by atoms with Crippen molar-refractivity contribution in [1.82, 2.24) is 16.0 Å². The average molecular weight is 348 g/mol. The second kappa shape index (κ2) is 10.7. The Morgan fingerprint density at radius 2 is 1.96 bits per heavy atom. The summed E-state index contributed by atoms with van der Waals surface area (Å²) in [6, 6.07) is 6.91. The molecule has 0 radical (unpaired) electrons. The number of methoxy groups -OCH3 is 1. The molecule has 7 nitrogen and oxygen atoms in total. The number of amides is 3. The Bertz CT molecular complexity index is 540. The van der Waals surface area contributed by atoms with Crippen molar-refractivity contribution >= 4 is 17.6 Å². The topological polar surface area (TPSA) is 91.5 Å². The first kappa shape index (κ1) is 19.2. The molecule has 4 N–H and O–H groups in total. The maximum atomic E-state index is 12.0. The number of rotatable bonds is 7. The molecule has 7 heteroatoms. The number of hydrogen-bond donors (Lipinski definition) is 4. The molecule has 0 unspecified atom stereocenters. The average Bonchev–Trinajstić information content (AvgIpc) is 2.89. The van der Waals surface area contributed by atoms with Crippen LogP contribution in [0.2, 0.25) is 0 Å². The van der Waals surface area contributed by atoms with Crippen molar-refractivity contribution in [2.24, 2.45) is 0 Å². The van der Waals surface area contributed by atoms with E-state index in [4.69, 9.17) is 4.74 Å². The molecule has 0 aliphatic carbocycles. The van der Waals surface area contributed by atoms with Crippen LogP contribution in [0.4, 0.5) is 10.5 Å². The molecular weight excluding hydrogens is 320 g/mol. The molecule has 138 valence electrons. The third-order valence-corrected chi connectivity index (χ3v) is 4.17. The quantitative estimate of drug-likeness (QED) is 0.565. The largest absolute Gasteiger partial charge is 0.383 e. The molecule has 1 aromatic carbocycles. The zero-order chi connectivity index (χ0) is 17.9. The van der Waals surface area contributed by atoms with E-state index < -0.39 is 0 Å². The second-order valence-corrected chi connectivity index (χ2v) is 6.16. The lowest BCUT2D eigenvalue weighted by Gasteiger charge is -2.16. The Hall–Kier alpha value is -2.12. The highest BCUT2D eigenvalue weighted by Crippen LogP contribution is 2.10. The van der Waals surface area contributed by atoms with Gasteiger partial charge in [0.05, 0.1) is 6.61 Å². The summed E-state index contributed by atoms with van der Waals surface area (Å²) < 4.78 is 4.89. The van der Waals surface area contributed by atoms with Crippen molar-refractivity contribution in [3.63, 3.8) is 0 Å². The Morgan fingerprint density at radius 1 is 1.16 bits per heavy atom. The summed E-state index contributed by atoms with van der Waals surface area (Å²) in [7, 11) is 1.59. The van der Waals surface area contributed by atoms with Crippen molar-refractivity contribution in [3.05, 3.63) is 29.8 Å². The van der Waals surface area contributed by atoms with E-state index in [0.29, 0.717) is 37.0 Å². The maximum Gasteiger partial charge on any atom is 0.319 e. The highest BCUT2D eigenvalue weighted by molar-refractivity contribution is 5.95. The van der Waals surface area contributed by atoms with E-state index in [1.807, 2.05) is 0 Å². The SMILES string of the molecule is COCCNC(=O)c1ccc(NC(=O)NC[C@H]2CCCCCN2)cc1. The third-order valence-electron chi connectivity index (χ3n) is 4.17. The molecule has 1 atom stereocenters. The van der Waals surface area contributed by atoms with E-state index in [1.165, 1.54) is 19.3 Å². The molecule has 2 rings (SSSR count). The van der Waals surface area contributed by atoms with E-state index >= 15 is 0 Å². The van der Waals surface area contributed by atoms with E-state index in [-0.39, 0.29) is 11.9 Å². The van der Waals surface area contributed by atoms with Crippen LogP contribution in [-0.2, 0) is 4.74 Å². The predicted molar refractivity (Wildman–Crippen MR) is 97.9 cm³/mol. The predicted octanol–water partition coefficient (Wildman–Crippen LogP) is 1.72. The maximum absolute atomic E-state index is 12.0. The summed E-state index contributed by atoms with van der Waals surface area (Å²) >= 11 is 0. The fraction of sp³-hybridized carbons (Fsp3) is 0.556. The highest BCUT2D eigenvalue weighted by Gasteiger charge is 2.12. The van der Waals surface area contributed by atoms with Gasteiger partial charge in [-0.2, -0.15) is 0 Å². The number of hydrogen-bond acceptors (Lipinski definition) is 4. The van der Waals surface area contributed by atoms with Gasteiger partial charge in [-0.1, -0.05) is 12.8 Å². The third kappa shape index (κ3) is 7.11. The minimum atomic E-state index is -0.233. The van der Waals surface area contributed by atoms with Crippen molar-refractivity contribution < 1.29 is 14.3 Å². The monoisotopic (exact) mass is 348 g/mol. The molecule has 3 amide bonds. The van der Waals surface area contributed by atoms with E-state index in [2.05, 4.69) is 21.3 Å². The molecular formula is C18H28N4O3. The van der Waals surface area contributed by atoms with Crippen LogP contribution >= 0.6 is 0 Å². The molecule has 0 spiro atoms. The Kier molecular flexibility index (Phi) is 8.21. The van der Waals surface area contributed by atoms with Crippen LogP contribution in [-0.4, -0.2) is 51.3 Å². The molecule has 0 saturated carbocycles. The van der Waals surface area contributed by atoms with Gasteiger partial charge in [0.25, 0.3) is 5.91 Å². The Labute approximate surface area is 148 Å². The molecule has 0 aromatic heterocycles. The summed E-state index contributed by atoms with van der Waals surface area (Å²) in [4.78, 5) is 23.9. The Morgan fingerprint density at radius 3 is 2.72 bits per heavy atom. The van der Waals surface area contributed by atoms with Crippen molar-refractivity contribution in [2.45, 2.75) is 31.7 Å². The van der Waals surface area contributed by atoms with Gasteiger partial charge in [-0.3, -0.25) is 4.79 Å². The number of ether oxygens (including phenoxy) is 1. The lowest BCUT2D eigenvalue weighted by atomic mass is 10.1. The zero-order valence-electron chi connectivity index (χ0n) is 14.8. The van der Waals surface area contributed by atoms with Crippen LogP contribution in [0.3, 0.4) is 0 Å². The van der Waals surface area contributed by atoms with E-state index in [1.54, 1.807) is 31.4 Å². The first-order valence-corrected chi connectivity index (χ1v) is 8.84. The molecule has 1 heterocycles. The second-order valence-electron chi connectivity index (χ2n) is 6.16. The molecule has 0 bridgehead atoms. The molecule has 1 aromatic rings. The van der Waals surface area contributed by atoms with Gasteiger partial charge in [-0.05, 0) is 43.7 Å². The van der Waals surface area contributed by atoms with Gasteiger partial charge in [-0.15, -0.1) is 0 Å². The zero-order valence-corrected chi connectivity index (χ0v) is 14.8. The Balaban J connectivity index is 1.74. The van der Waals surface area contributed by atoms with E-state index in [0.717, 1.165) is 13.0 Å². The van der Waals surface area contributed by atoms with Gasteiger partial charge in [0.2, 0.25) is 0 Å². The minimum Gasteiger partial charge on any atom is -0.383 e. The number of urea groups is 1. The summed E-state index contributed by atoms with van der Waals surface area (Å²) in [6.07, 6.45) is 4.75. The number of carbonyl (C=O) groups is 2. The summed E-state index contributed by atoms with van der Waals surface area (Å²) in [5.74, 6) is -0.160. The first-order chi connectivity index (χ1) is 12.2. The number of nitrogens with one attached hydrogen (secondary N) is 4. The first-order valence-electron chi connectivity index (χ1n) is 8.84. The molecule has 1 aliphatic heterocycles. The van der Waals surface area contributed by atoms with Crippen LogP contribution < -0.4 is 21.3 Å². The van der Waals surface area contributed by atoms with Crippen LogP contribution in [0.1, 0.15) is 36.0 Å². The van der Waals surface area contributed by atoms with Gasteiger partial charge in [0.15, 0.2) is 0 Å². The fourth-order valence-electron chi connectivity index (χ4n) is 2.74. The van der Waals surface area contributed by atoms with Crippen LogP contribution in [0.15, 0.2) is 24.3 Å². The fourth-order valence-corrected chi connectivity index (χ4v) is 2.74. The van der Waals surface area contributed by atoms with Gasteiger partial charge < -0.3 is 26.0 Å². The van der Waals surface area contributed by atoms with Crippen LogP contribution in [0.25, 0.3) is 0 Å². The normalized spacial score (nSPS) is 17.4. The minimum absolute atomic E-state index is 0.160. The molecule has 1 fully saturated rings. The number of benzene rings is 1. The van der Waals surface area contributed by atoms with Crippen molar-refractivity contribution in [3.8, 4) is 0 Å². The number of carbonyl (C=O) groups excluding carboxylic acids is 2. The van der Waals surface area contributed by atoms with Crippen molar-refractivity contribution in [2.75, 3.05) is 38.7 Å². The van der Waals surface area contributed by atoms with Crippen LogP contribution in [0.5, 0.6) is 0 Å². The smallest absolute Gasteiger partial charge is 0.319 e. The van der Waals surface area contributed by atoms with E-state index in [9.17, 15) is 9.59 Å². The number of anilines is 1. The summed E-state index contributed by atoms with van der Waals surface area (Å²) in [5, 5.41) is 11.9. The van der Waals surface area contributed by atoms with Gasteiger partial charge >= 0.3 is 6.03 Å². The van der Waals surface area contributed by atoms with Crippen LogP contribution in [0, 0.1) is 0 Å². The molecule has 1 aliphatic rings.